The summed E-state index contributed by atoms with van der Waals surface area (Å²) in [6, 6.07) is 5.55. The average molecular weight is 243 g/mol. The van der Waals surface area contributed by atoms with Crippen molar-refractivity contribution in [3.63, 3.8) is 0 Å². The molecule has 0 unspecified atom stereocenters. The zero-order valence-corrected chi connectivity index (χ0v) is 10.3. The van der Waals surface area contributed by atoms with Gasteiger partial charge >= 0.3 is 0 Å². The Morgan fingerprint density at radius 3 is 3.06 bits per heavy atom. The van der Waals surface area contributed by atoms with E-state index in [2.05, 4.69) is 15.3 Å². The third-order valence-electron chi connectivity index (χ3n) is 3.71. The zero-order valence-electron chi connectivity index (χ0n) is 10.3. The summed E-state index contributed by atoms with van der Waals surface area (Å²) in [4.78, 5) is 19.2. The fraction of sp³-hybridized carbons (Fsp3) is 0.429. The highest BCUT2D eigenvalue weighted by atomic mass is 16.1. The van der Waals surface area contributed by atoms with E-state index in [1.54, 1.807) is 6.33 Å². The van der Waals surface area contributed by atoms with Crippen LogP contribution in [0.2, 0.25) is 0 Å². The second kappa shape index (κ2) is 4.80. The van der Waals surface area contributed by atoms with Crippen molar-refractivity contribution in [2.75, 3.05) is 6.54 Å². The number of rotatable bonds is 3. The molecule has 2 aromatic rings. The van der Waals surface area contributed by atoms with Gasteiger partial charge in [0.15, 0.2) is 0 Å². The molecule has 0 aliphatic heterocycles. The summed E-state index contributed by atoms with van der Waals surface area (Å²) in [5, 5.41) is 3.02. The van der Waals surface area contributed by atoms with E-state index in [0.29, 0.717) is 11.5 Å². The number of carbonyl (C=O) groups excluding carboxylic acids is 1. The highest BCUT2D eigenvalue weighted by Crippen LogP contribution is 2.23. The van der Waals surface area contributed by atoms with E-state index in [-0.39, 0.29) is 5.91 Å². The van der Waals surface area contributed by atoms with Crippen molar-refractivity contribution >= 4 is 16.9 Å². The van der Waals surface area contributed by atoms with Gasteiger partial charge in [0, 0.05) is 12.1 Å². The van der Waals surface area contributed by atoms with Gasteiger partial charge in [0.1, 0.15) is 0 Å². The number of carbonyl (C=O) groups is 1. The summed E-state index contributed by atoms with van der Waals surface area (Å²) >= 11 is 0. The molecule has 2 N–H and O–H groups in total. The molecule has 3 rings (SSSR count). The molecule has 1 aliphatic carbocycles. The summed E-state index contributed by atoms with van der Waals surface area (Å²) in [7, 11) is 0. The van der Waals surface area contributed by atoms with Gasteiger partial charge in [-0.2, -0.15) is 0 Å². The Labute approximate surface area is 106 Å². The molecule has 1 amide bonds. The number of hydrogen-bond donors (Lipinski definition) is 2. The van der Waals surface area contributed by atoms with E-state index in [4.69, 9.17) is 0 Å². The van der Waals surface area contributed by atoms with Crippen molar-refractivity contribution in [2.45, 2.75) is 25.7 Å². The second-order valence-corrected chi connectivity index (χ2v) is 4.99. The monoisotopic (exact) mass is 243 g/mol. The van der Waals surface area contributed by atoms with Crippen LogP contribution in [0.1, 0.15) is 36.0 Å². The summed E-state index contributed by atoms with van der Waals surface area (Å²) in [6.45, 7) is 0.805. The Morgan fingerprint density at radius 1 is 1.39 bits per heavy atom. The molecule has 1 saturated carbocycles. The van der Waals surface area contributed by atoms with Gasteiger partial charge in [-0.1, -0.05) is 12.8 Å². The van der Waals surface area contributed by atoms with Crippen molar-refractivity contribution < 1.29 is 4.79 Å². The quantitative estimate of drug-likeness (QED) is 0.870. The Kier molecular flexibility index (Phi) is 3.00. The van der Waals surface area contributed by atoms with Gasteiger partial charge in [0.05, 0.1) is 17.4 Å². The number of H-pyrrole nitrogens is 1. The van der Waals surface area contributed by atoms with Crippen LogP contribution >= 0.6 is 0 Å². The normalized spacial score (nSPS) is 16.2. The number of benzene rings is 1. The zero-order chi connectivity index (χ0) is 12.4. The van der Waals surface area contributed by atoms with E-state index in [1.807, 2.05) is 18.2 Å². The lowest BCUT2D eigenvalue weighted by atomic mass is 10.1. The SMILES string of the molecule is O=C(NCC1CCCC1)c1ccc2nc[nH]c2c1. The number of imidazole rings is 1. The average Bonchev–Trinajstić information content (AvgIpc) is 3.05. The van der Waals surface area contributed by atoms with Crippen LogP contribution in [0, 0.1) is 5.92 Å². The Hall–Kier alpha value is -1.84. The lowest BCUT2D eigenvalue weighted by molar-refractivity contribution is 0.0947. The molecule has 94 valence electrons. The summed E-state index contributed by atoms with van der Waals surface area (Å²) in [5.74, 6) is 0.684. The first-order valence-electron chi connectivity index (χ1n) is 6.54. The number of amides is 1. The number of nitrogens with one attached hydrogen (secondary N) is 2. The minimum absolute atomic E-state index is 0.0124. The highest BCUT2D eigenvalue weighted by molar-refractivity contribution is 5.97. The lowest BCUT2D eigenvalue weighted by Gasteiger charge is -2.10. The van der Waals surface area contributed by atoms with Crippen molar-refractivity contribution in [2.24, 2.45) is 5.92 Å². The molecule has 18 heavy (non-hydrogen) atoms. The predicted octanol–water partition coefficient (Wildman–Crippen LogP) is 2.48. The minimum Gasteiger partial charge on any atom is -0.352 e. The maximum Gasteiger partial charge on any atom is 0.251 e. The molecule has 4 heteroatoms. The van der Waals surface area contributed by atoms with Crippen molar-refractivity contribution in [3.8, 4) is 0 Å². The third kappa shape index (κ3) is 2.23. The van der Waals surface area contributed by atoms with Crippen LogP contribution in [0.5, 0.6) is 0 Å². The second-order valence-electron chi connectivity index (χ2n) is 4.99. The third-order valence-corrected chi connectivity index (χ3v) is 3.71. The van der Waals surface area contributed by atoms with Crippen LogP contribution in [0.25, 0.3) is 11.0 Å². The fourth-order valence-electron chi connectivity index (χ4n) is 2.63. The predicted molar refractivity (Wildman–Crippen MR) is 70.4 cm³/mol. The van der Waals surface area contributed by atoms with E-state index >= 15 is 0 Å². The van der Waals surface area contributed by atoms with E-state index in [9.17, 15) is 4.79 Å². The first-order chi connectivity index (χ1) is 8.83. The van der Waals surface area contributed by atoms with Gasteiger partial charge in [0.2, 0.25) is 0 Å². The number of nitrogens with zero attached hydrogens (tertiary/aromatic N) is 1. The molecular weight excluding hydrogens is 226 g/mol. The standard InChI is InChI=1S/C14H17N3O/c18-14(15-8-10-3-1-2-4-10)11-5-6-12-13(7-11)17-9-16-12/h5-7,9-10H,1-4,8H2,(H,15,18)(H,16,17). The van der Waals surface area contributed by atoms with E-state index < -0.39 is 0 Å². The molecule has 0 radical (unpaired) electrons. The molecule has 0 saturated heterocycles. The Bertz CT molecular complexity index is 555. The molecule has 1 aromatic carbocycles. The van der Waals surface area contributed by atoms with Gasteiger partial charge in [-0.15, -0.1) is 0 Å². The van der Waals surface area contributed by atoms with Crippen molar-refractivity contribution in [1.29, 1.82) is 0 Å². The molecular formula is C14H17N3O. The molecule has 1 aliphatic rings. The van der Waals surface area contributed by atoms with Crippen LogP contribution in [-0.4, -0.2) is 22.4 Å². The van der Waals surface area contributed by atoms with Crippen LogP contribution in [0.15, 0.2) is 24.5 Å². The summed E-state index contributed by atoms with van der Waals surface area (Å²) in [6.07, 6.45) is 6.76. The van der Waals surface area contributed by atoms with Gasteiger partial charge in [-0.3, -0.25) is 4.79 Å². The minimum atomic E-state index is 0.0124. The molecule has 0 bridgehead atoms. The van der Waals surface area contributed by atoms with E-state index in [1.165, 1.54) is 25.7 Å². The molecule has 4 nitrogen and oxygen atoms in total. The maximum atomic E-state index is 12.0. The molecule has 1 fully saturated rings. The topological polar surface area (TPSA) is 57.8 Å². The maximum absolute atomic E-state index is 12.0. The van der Waals surface area contributed by atoms with Crippen molar-refractivity contribution in [3.05, 3.63) is 30.1 Å². The molecule has 1 aromatic heterocycles. The van der Waals surface area contributed by atoms with Crippen LogP contribution < -0.4 is 5.32 Å². The fourth-order valence-corrected chi connectivity index (χ4v) is 2.63. The number of hydrogen-bond acceptors (Lipinski definition) is 2. The van der Waals surface area contributed by atoms with Gasteiger partial charge in [0.25, 0.3) is 5.91 Å². The Balaban J connectivity index is 1.67. The first-order valence-corrected chi connectivity index (χ1v) is 6.54. The van der Waals surface area contributed by atoms with Gasteiger partial charge in [-0.05, 0) is 37.0 Å². The number of aromatic amines is 1. The first kappa shape index (κ1) is 11.3. The largest absolute Gasteiger partial charge is 0.352 e. The lowest BCUT2D eigenvalue weighted by Crippen LogP contribution is -2.28. The van der Waals surface area contributed by atoms with E-state index in [0.717, 1.165) is 17.6 Å². The smallest absolute Gasteiger partial charge is 0.251 e. The molecule has 0 spiro atoms. The Morgan fingerprint density at radius 2 is 2.22 bits per heavy atom. The summed E-state index contributed by atoms with van der Waals surface area (Å²) < 4.78 is 0. The van der Waals surface area contributed by atoms with Crippen LogP contribution in [0.3, 0.4) is 0 Å². The van der Waals surface area contributed by atoms with Gasteiger partial charge in [-0.25, -0.2) is 4.98 Å². The molecule has 1 heterocycles. The highest BCUT2D eigenvalue weighted by Gasteiger charge is 2.16. The van der Waals surface area contributed by atoms with Gasteiger partial charge < -0.3 is 10.3 Å². The molecule has 0 atom stereocenters. The van der Waals surface area contributed by atoms with Crippen LogP contribution in [0.4, 0.5) is 0 Å². The van der Waals surface area contributed by atoms with Crippen molar-refractivity contribution in [1.82, 2.24) is 15.3 Å². The number of aromatic nitrogens is 2. The number of fused-ring (bicyclic) bond motifs is 1. The summed E-state index contributed by atoms with van der Waals surface area (Å²) in [5.41, 5.74) is 2.50. The van der Waals surface area contributed by atoms with Crippen LogP contribution in [-0.2, 0) is 0 Å².